The van der Waals surface area contributed by atoms with E-state index in [0.29, 0.717) is 12.1 Å². The van der Waals surface area contributed by atoms with Crippen molar-refractivity contribution in [1.82, 2.24) is 4.90 Å². The van der Waals surface area contributed by atoms with E-state index in [0.717, 1.165) is 31.5 Å². The number of alkyl halides is 3. The molecule has 0 amide bonds. The number of ether oxygens (including phenoxy) is 1. The molecule has 5 heteroatoms. The van der Waals surface area contributed by atoms with Gasteiger partial charge in [-0.15, -0.1) is 0 Å². The van der Waals surface area contributed by atoms with Gasteiger partial charge in [0, 0.05) is 6.54 Å². The zero-order chi connectivity index (χ0) is 16.3. The average molecular weight is 315 g/mol. The van der Waals surface area contributed by atoms with E-state index in [1.54, 1.807) is 0 Å². The molecule has 0 aromatic heterocycles. The Balaban J connectivity index is 2.39. The highest BCUT2D eigenvalue weighted by atomic mass is 19.4. The van der Waals surface area contributed by atoms with Crippen LogP contribution in [0.25, 0.3) is 0 Å². The highest BCUT2D eigenvalue weighted by Gasteiger charge is 2.36. The van der Waals surface area contributed by atoms with Crippen molar-refractivity contribution >= 4 is 0 Å². The van der Waals surface area contributed by atoms with E-state index in [4.69, 9.17) is 4.74 Å². The van der Waals surface area contributed by atoms with E-state index >= 15 is 0 Å². The Morgan fingerprint density at radius 1 is 1.14 bits per heavy atom. The van der Waals surface area contributed by atoms with Crippen LogP contribution < -0.4 is 4.74 Å². The van der Waals surface area contributed by atoms with Gasteiger partial charge in [-0.3, -0.25) is 4.90 Å². The van der Waals surface area contributed by atoms with Crippen LogP contribution in [0, 0.1) is 0 Å². The van der Waals surface area contributed by atoms with Crippen molar-refractivity contribution < 1.29 is 17.9 Å². The Bertz CT molecular complexity index is 505. The van der Waals surface area contributed by atoms with E-state index in [1.165, 1.54) is 19.6 Å². The first-order valence-electron chi connectivity index (χ1n) is 7.83. The molecule has 124 valence electrons. The lowest BCUT2D eigenvalue weighted by molar-refractivity contribution is -0.138. The van der Waals surface area contributed by atoms with Gasteiger partial charge in [0.05, 0.1) is 12.7 Å². The first kappa shape index (κ1) is 17.1. The number of hydrogen-bond acceptors (Lipinski definition) is 2. The molecular formula is C17H24F3NO. The molecule has 0 N–H and O–H groups in total. The average Bonchev–Trinajstić information content (AvgIpc) is 2.46. The minimum Gasteiger partial charge on any atom is -0.496 e. The number of piperidine rings is 1. The maximum absolute atomic E-state index is 13.3. The minimum absolute atomic E-state index is 0.0163. The van der Waals surface area contributed by atoms with Gasteiger partial charge in [-0.05, 0) is 49.0 Å². The highest BCUT2D eigenvalue weighted by molar-refractivity contribution is 5.47. The Kier molecular flexibility index (Phi) is 5.37. The van der Waals surface area contributed by atoms with Gasteiger partial charge in [0.1, 0.15) is 5.75 Å². The number of nitrogens with zero attached hydrogens (tertiary/aromatic N) is 1. The van der Waals surface area contributed by atoms with Gasteiger partial charge in [-0.25, -0.2) is 0 Å². The quantitative estimate of drug-likeness (QED) is 0.789. The second kappa shape index (κ2) is 6.90. The molecule has 1 saturated heterocycles. The molecule has 0 saturated carbocycles. The number of hydrogen-bond donors (Lipinski definition) is 0. The number of methoxy groups -OCH3 is 1. The van der Waals surface area contributed by atoms with Crippen molar-refractivity contribution in [2.24, 2.45) is 0 Å². The van der Waals surface area contributed by atoms with Crippen LogP contribution in [0.5, 0.6) is 5.75 Å². The summed E-state index contributed by atoms with van der Waals surface area (Å²) in [6.45, 7) is 6.28. The Hall–Kier alpha value is -1.23. The number of likely N-dealkylation sites (tertiary alicyclic amines) is 1. The summed E-state index contributed by atoms with van der Waals surface area (Å²) in [7, 11) is 1.31. The zero-order valence-electron chi connectivity index (χ0n) is 13.5. The summed E-state index contributed by atoms with van der Waals surface area (Å²) in [4.78, 5) is 2.23. The molecule has 2 nitrogen and oxygen atoms in total. The van der Waals surface area contributed by atoms with Gasteiger partial charge in [0.2, 0.25) is 0 Å². The lowest BCUT2D eigenvalue weighted by atomic mass is 9.95. The van der Waals surface area contributed by atoms with Crippen molar-refractivity contribution in [3.05, 3.63) is 28.8 Å². The van der Waals surface area contributed by atoms with Gasteiger partial charge >= 0.3 is 6.18 Å². The van der Waals surface area contributed by atoms with Gasteiger partial charge in [-0.2, -0.15) is 13.2 Å². The first-order chi connectivity index (χ1) is 10.3. The maximum atomic E-state index is 13.3. The molecule has 2 rings (SSSR count). The zero-order valence-corrected chi connectivity index (χ0v) is 13.5. The fourth-order valence-electron chi connectivity index (χ4n) is 3.05. The molecular weight excluding hydrogens is 291 g/mol. The first-order valence-corrected chi connectivity index (χ1v) is 7.83. The van der Waals surface area contributed by atoms with Crippen LogP contribution >= 0.6 is 0 Å². The largest absolute Gasteiger partial charge is 0.496 e. The summed E-state index contributed by atoms with van der Waals surface area (Å²) in [5, 5.41) is 0. The third-order valence-electron chi connectivity index (χ3n) is 4.16. The van der Waals surface area contributed by atoms with Gasteiger partial charge < -0.3 is 4.74 Å². The van der Waals surface area contributed by atoms with Crippen LogP contribution in [0.3, 0.4) is 0 Å². The molecule has 1 aromatic carbocycles. The molecule has 1 aliphatic rings. The van der Waals surface area contributed by atoms with Crippen molar-refractivity contribution in [1.29, 1.82) is 0 Å². The number of benzene rings is 1. The predicted molar refractivity (Wildman–Crippen MR) is 81.2 cm³/mol. The van der Waals surface area contributed by atoms with E-state index in [2.05, 4.69) is 4.90 Å². The minimum atomic E-state index is -4.40. The summed E-state index contributed by atoms with van der Waals surface area (Å²) >= 11 is 0. The van der Waals surface area contributed by atoms with Gasteiger partial charge in [-0.1, -0.05) is 26.3 Å². The van der Waals surface area contributed by atoms with Crippen LogP contribution in [0.1, 0.15) is 55.7 Å². The monoisotopic (exact) mass is 315 g/mol. The molecule has 0 unspecified atom stereocenters. The van der Waals surface area contributed by atoms with E-state index < -0.39 is 11.7 Å². The number of rotatable bonds is 4. The van der Waals surface area contributed by atoms with Gasteiger partial charge in [0.15, 0.2) is 0 Å². The normalized spacial score (nSPS) is 17.0. The SMILES string of the molecule is COc1c(C(C)C)cc(CN2CCCCC2)cc1C(F)(F)F. The lowest BCUT2D eigenvalue weighted by Gasteiger charge is -2.27. The van der Waals surface area contributed by atoms with Crippen LogP contribution in [0.4, 0.5) is 13.2 Å². The molecule has 0 aliphatic carbocycles. The van der Waals surface area contributed by atoms with Crippen LogP contribution in [0.15, 0.2) is 12.1 Å². The van der Waals surface area contributed by atoms with Crippen LogP contribution in [-0.2, 0) is 12.7 Å². The molecule has 22 heavy (non-hydrogen) atoms. The molecule has 0 bridgehead atoms. The summed E-state index contributed by atoms with van der Waals surface area (Å²) in [6.07, 6.45) is -0.935. The smallest absolute Gasteiger partial charge is 0.419 e. The summed E-state index contributed by atoms with van der Waals surface area (Å²) in [5.41, 5.74) is 0.691. The topological polar surface area (TPSA) is 12.5 Å². The van der Waals surface area contributed by atoms with Crippen LogP contribution in [-0.4, -0.2) is 25.1 Å². The summed E-state index contributed by atoms with van der Waals surface area (Å²) in [6, 6.07) is 3.12. The third kappa shape index (κ3) is 3.94. The van der Waals surface area contributed by atoms with Crippen LogP contribution in [0.2, 0.25) is 0 Å². The Morgan fingerprint density at radius 2 is 1.77 bits per heavy atom. The van der Waals surface area contributed by atoms with Crippen molar-refractivity contribution in [2.75, 3.05) is 20.2 Å². The molecule has 1 heterocycles. The maximum Gasteiger partial charge on any atom is 0.419 e. The fourth-order valence-corrected chi connectivity index (χ4v) is 3.05. The highest BCUT2D eigenvalue weighted by Crippen LogP contribution is 2.41. The molecule has 0 spiro atoms. The third-order valence-corrected chi connectivity index (χ3v) is 4.16. The summed E-state index contributed by atoms with van der Waals surface area (Å²) < 4.78 is 45.1. The molecule has 0 radical (unpaired) electrons. The van der Waals surface area contributed by atoms with E-state index in [9.17, 15) is 13.2 Å². The van der Waals surface area contributed by atoms with Crippen molar-refractivity contribution in [2.45, 2.75) is 51.7 Å². The van der Waals surface area contributed by atoms with Gasteiger partial charge in [0.25, 0.3) is 0 Å². The summed E-state index contributed by atoms with van der Waals surface area (Å²) in [5.74, 6) is -0.0535. The predicted octanol–water partition coefficient (Wildman–Crippen LogP) is 4.82. The molecule has 1 aliphatic heterocycles. The standard InChI is InChI=1S/C17H24F3NO/c1-12(2)14-9-13(11-21-7-5-4-6-8-21)10-15(16(14)22-3)17(18,19)20/h9-10,12H,4-8,11H2,1-3H3. The second-order valence-electron chi connectivity index (χ2n) is 6.26. The Morgan fingerprint density at radius 3 is 2.27 bits per heavy atom. The Labute approximate surface area is 130 Å². The van der Waals surface area contributed by atoms with E-state index in [1.807, 2.05) is 19.9 Å². The number of halogens is 3. The van der Waals surface area contributed by atoms with E-state index in [-0.39, 0.29) is 11.7 Å². The van der Waals surface area contributed by atoms with Crippen molar-refractivity contribution in [3.63, 3.8) is 0 Å². The molecule has 0 atom stereocenters. The molecule has 1 aromatic rings. The fraction of sp³-hybridized carbons (Fsp3) is 0.647. The van der Waals surface area contributed by atoms with Crippen molar-refractivity contribution in [3.8, 4) is 5.75 Å². The molecule has 1 fully saturated rings. The second-order valence-corrected chi connectivity index (χ2v) is 6.26. The lowest BCUT2D eigenvalue weighted by Crippen LogP contribution is -2.29.